The number of hydrogen-bond acceptors (Lipinski definition) is 5. The predicted octanol–water partition coefficient (Wildman–Crippen LogP) is 6.34. The molecule has 1 unspecified atom stereocenters. The molecule has 2 aromatic carbocycles. The van der Waals surface area contributed by atoms with Gasteiger partial charge < -0.3 is 20.3 Å². The van der Waals surface area contributed by atoms with Crippen LogP contribution in [0, 0.1) is 13.8 Å². The topological polar surface area (TPSA) is 94.7 Å². The standard InChI is InChI=1S/C21H24N2O2.C8H8O2/c1-12(2)24-20-7-6-16(11-23-20)19-10-14(4)17-8-13(3)9-18(15(5)22)21(17)25-19;1-6-4-2-3-5-7(6)8(9)10/h6-12,15H,4,22H2,1-3,5H3;2-5H,1H3,(H,9,10). The van der Waals surface area contributed by atoms with E-state index >= 15 is 0 Å². The smallest absolute Gasteiger partial charge is 0.335 e. The minimum atomic E-state index is -0.863. The summed E-state index contributed by atoms with van der Waals surface area (Å²) in [5.74, 6) is 1.23. The van der Waals surface area contributed by atoms with E-state index in [-0.39, 0.29) is 12.1 Å². The summed E-state index contributed by atoms with van der Waals surface area (Å²) in [5.41, 5.74) is 12.2. The first-order valence-electron chi connectivity index (χ1n) is 11.5. The van der Waals surface area contributed by atoms with Gasteiger partial charge in [0.15, 0.2) is 0 Å². The van der Waals surface area contributed by atoms with Crippen molar-refractivity contribution in [3.63, 3.8) is 0 Å². The average molecular weight is 473 g/mol. The van der Waals surface area contributed by atoms with Gasteiger partial charge in [0, 0.05) is 35.0 Å². The van der Waals surface area contributed by atoms with Crippen molar-refractivity contribution >= 4 is 17.3 Å². The summed E-state index contributed by atoms with van der Waals surface area (Å²) >= 11 is 0. The summed E-state index contributed by atoms with van der Waals surface area (Å²) in [5, 5.41) is 8.57. The molecule has 0 bridgehead atoms. The molecule has 1 atom stereocenters. The quantitative estimate of drug-likeness (QED) is 0.450. The Balaban J connectivity index is 0.000000287. The molecule has 0 saturated heterocycles. The molecule has 182 valence electrons. The van der Waals surface area contributed by atoms with Gasteiger partial charge in [-0.3, -0.25) is 0 Å². The van der Waals surface area contributed by atoms with Gasteiger partial charge in [-0.2, -0.15) is 0 Å². The summed E-state index contributed by atoms with van der Waals surface area (Å²) in [6.07, 6.45) is 3.78. The lowest BCUT2D eigenvalue weighted by Gasteiger charge is -2.24. The van der Waals surface area contributed by atoms with Gasteiger partial charge in [-0.25, -0.2) is 9.78 Å². The Morgan fingerprint density at radius 3 is 2.37 bits per heavy atom. The van der Waals surface area contributed by atoms with Crippen LogP contribution in [0.25, 0.3) is 11.3 Å². The number of ether oxygens (including phenoxy) is 2. The van der Waals surface area contributed by atoms with Crippen molar-refractivity contribution in [2.45, 2.75) is 46.8 Å². The number of aromatic nitrogens is 1. The Morgan fingerprint density at radius 2 is 1.83 bits per heavy atom. The molecular weight excluding hydrogens is 440 g/mol. The van der Waals surface area contributed by atoms with E-state index in [4.69, 9.17) is 20.3 Å². The van der Waals surface area contributed by atoms with E-state index < -0.39 is 5.97 Å². The lowest BCUT2D eigenvalue weighted by Crippen LogP contribution is -2.12. The van der Waals surface area contributed by atoms with Crippen LogP contribution in [0.3, 0.4) is 0 Å². The fourth-order valence-electron chi connectivity index (χ4n) is 3.66. The first kappa shape index (κ1) is 25.7. The van der Waals surface area contributed by atoms with Crippen LogP contribution in [-0.4, -0.2) is 22.2 Å². The van der Waals surface area contributed by atoms with Gasteiger partial charge in [0.2, 0.25) is 5.88 Å². The Bertz CT molecular complexity index is 1260. The molecule has 1 aliphatic rings. The minimum Gasteiger partial charge on any atom is -0.478 e. The third-order valence-corrected chi connectivity index (χ3v) is 5.37. The van der Waals surface area contributed by atoms with Crippen LogP contribution in [0.2, 0.25) is 0 Å². The highest BCUT2D eigenvalue weighted by atomic mass is 16.5. The second-order valence-corrected chi connectivity index (χ2v) is 8.83. The number of fused-ring (bicyclic) bond motifs is 1. The maximum absolute atomic E-state index is 10.4. The van der Waals surface area contributed by atoms with Crippen LogP contribution in [0.1, 0.15) is 65.0 Å². The van der Waals surface area contributed by atoms with Gasteiger partial charge in [-0.1, -0.05) is 30.8 Å². The summed E-state index contributed by atoms with van der Waals surface area (Å²) < 4.78 is 11.8. The SMILES string of the molecule is C=C1C=C(c2ccc(OC(C)C)nc2)Oc2c1cc(C)cc2C(C)N.Cc1ccccc1C(=O)O. The molecule has 2 heterocycles. The Morgan fingerprint density at radius 1 is 1.11 bits per heavy atom. The second kappa shape index (κ2) is 11.0. The molecule has 0 fully saturated rings. The Kier molecular flexibility index (Phi) is 8.10. The highest BCUT2D eigenvalue weighted by molar-refractivity contribution is 5.89. The number of allylic oxidation sites excluding steroid dienone is 2. The second-order valence-electron chi connectivity index (χ2n) is 8.83. The zero-order chi connectivity index (χ0) is 25.7. The molecule has 0 spiro atoms. The van der Waals surface area contributed by atoms with Crippen LogP contribution in [0.5, 0.6) is 11.6 Å². The Hall–Kier alpha value is -3.90. The summed E-state index contributed by atoms with van der Waals surface area (Å²) in [6, 6.07) is 14.7. The molecule has 35 heavy (non-hydrogen) atoms. The number of hydrogen-bond donors (Lipinski definition) is 2. The van der Waals surface area contributed by atoms with Crippen molar-refractivity contribution in [3.8, 4) is 11.6 Å². The number of nitrogens with zero attached hydrogens (tertiary/aromatic N) is 1. The molecule has 1 aliphatic heterocycles. The molecule has 1 aromatic heterocycles. The van der Waals surface area contributed by atoms with E-state index in [1.807, 2.05) is 45.0 Å². The van der Waals surface area contributed by atoms with Crippen molar-refractivity contribution < 1.29 is 19.4 Å². The molecular formula is C29H32N2O4. The minimum absolute atomic E-state index is 0.0898. The zero-order valence-electron chi connectivity index (χ0n) is 20.8. The summed E-state index contributed by atoms with van der Waals surface area (Å²) in [4.78, 5) is 14.8. The third kappa shape index (κ3) is 6.37. The van der Waals surface area contributed by atoms with Gasteiger partial charge in [-0.05, 0) is 75.6 Å². The normalized spacial score (nSPS) is 13.1. The summed E-state index contributed by atoms with van der Waals surface area (Å²) in [7, 11) is 0. The molecule has 6 heteroatoms. The zero-order valence-corrected chi connectivity index (χ0v) is 20.8. The number of pyridine rings is 1. The number of benzene rings is 2. The van der Waals surface area contributed by atoms with Gasteiger partial charge >= 0.3 is 5.97 Å². The van der Waals surface area contributed by atoms with Crippen molar-refractivity contribution in [1.29, 1.82) is 0 Å². The maximum atomic E-state index is 10.4. The van der Waals surface area contributed by atoms with Gasteiger partial charge in [0.1, 0.15) is 11.5 Å². The van der Waals surface area contributed by atoms with Gasteiger partial charge in [0.05, 0.1) is 11.7 Å². The molecule has 0 saturated carbocycles. The number of nitrogens with two attached hydrogens (primary N) is 1. The van der Waals surface area contributed by atoms with E-state index in [0.29, 0.717) is 17.2 Å². The van der Waals surface area contributed by atoms with Crippen LogP contribution < -0.4 is 15.2 Å². The number of carbonyl (C=O) groups is 1. The van der Waals surface area contributed by atoms with Crippen LogP contribution >= 0.6 is 0 Å². The molecule has 6 nitrogen and oxygen atoms in total. The number of aryl methyl sites for hydroxylation is 2. The van der Waals surface area contributed by atoms with Crippen molar-refractivity contribution in [2.75, 3.05) is 0 Å². The molecule has 4 rings (SSSR count). The molecule has 0 amide bonds. The van der Waals surface area contributed by atoms with Crippen LogP contribution in [0.4, 0.5) is 0 Å². The number of aromatic carboxylic acids is 1. The predicted molar refractivity (Wildman–Crippen MR) is 140 cm³/mol. The lowest BCUT2D eigenvalue weighted by atomic mass is 9.94. The fraction of sp³-hybridized carbons (Fsp3) is 0.241. The van der Waals surface area contributed by atoms with E-state index in [0.717, 1.165) is 39.1 Å². The van der Waals surface area contributed by atoms with E-state index in [1.165, 1.54) is 0 Å². The molecule has 3 N–H and O–H groups in total. The maximum Gasteiger partial charge on any atom is 0.335 e. The lowest BCUT2D eigenvalue weighted by molar-refractivity contribution is 0.0696. The third-order valence-electron chi connectivity index (χ3n) is 5.37. The van der Waals surface area contributed by atoms with Crippen molar-refractivity contribution in [3.05, 3.63) is 101 Å². The highest BCUT2D eigenvalue weighted by Gasteiger charge is 2.22. The molecule has 0 aliphatic carbocycles. The van der Waals surface area contributed by atoms with Gasteiger partial charge in [0.25, 0.3) is 0 Å². The first-order chi connectivity index (χ1) is 16.6. The van der Waals surface area contributed by atoms with Crippen molar-refractivity contribution in [1.82, 2.24) is 4.98 Å². The van der Waals surface area contributed by atoms with Crippen molar-refractivity contribution in [2.24, 2.45) is 5.73 Å². The van der Waals surface area contributed by atoms with E-state index in [9.17, 15) is 4.79 Å². The van der Waals surface area contributed by atoms with E-state index in [2.05, 4.69) is 30.6 Å². The highest BCUT2D eigenvalue weighted by Crippen LogP contribution is 2.41. The van der Waals surface area contributed by atoms with E-state index in [1.54, 1.807) is 31.3 Å². The van der Waals surface area contributed by atoms with Crippen LogP contribution in [-0.2, 0) is 0 Å². The monoisotopic (exact) mass is 472 g/mol. The van der Waals surface area contributed by atoms with Gasteiger partial charge in [-0.15, -0.1) is 0 Å². The Labute approximate surface area is 206 Å². The largest absolute Gasteiger partial charge is 0.478 e. The number of carboxylic acid groups (broad SMARTS) is 1. The summed E-state index contributed by atoms with van der Waals surface area (Å²) in [6.45, 7) is 13.9. The first-order valence-corrected chi connectivity index (χ1v) is 11.5. The molecule has 3 aromatic rings. The number of carboxylic acids is 1. The molecule has 0 radical (unpaired) electrons. The fourth-order valence-corrected chi connectivity index (χ4v) is 3.66. The average Bonchev–Trinajstić information content (AvgIpc) is 2.79. The van der Waals surface area contributed by atoms with Crippen LogP contribution in [0.15, 0.2) is 67.4 Å². The number of rotatable bonds is 5.